The molecule has 49 heavy (non-hydrogen) atoms. The third-order valence-electron chi connectivity index (χ3n) is 11.0. The molecule has 0 spiro atoms. The normalized spacial score (nSPS) is 27.4. The Balaban J connectivity index is 1.35. The number of anilines is 2. The molecule has 8 rings (SSSR count). The van der Waals surface area contributed by atoms with E-state index in [1.807, 2.05) is 73.7 Å². The Morgan fingerprint density at radius 3 is 2.18 bits per heavy atom. The van der Waals surface area contributed by atoms with Crippen LogP contribution in [0.3, 0.4) is 0 Å². The summed E-state index contributed by atoms with van der Waals surface area (Å²) in [7, 11) is 1.50. The lowest BCUT2D eigenvalue weighted by atomic mass is 9.49. The molecule has 9 heteroatoms. The Labute approximate surface area is 283 Å². The molecule has 2 aliphatic carbocycles. The summed E-state index contributed by atoms with van der Waals surface area (Å²) >= 11 is 0. The Hall–Kier alpha value is -5.70. The third kappa shape index (κ3) is 4.38. The number of benzene rings is 4. The minimum atomic E-state index is -1.51. The maximum atomic E-state index is 15.3. The number of nitrogens with zero attached hydrogens (tertiary/aromatic N) is 2. The van der Waals surface area contributed by atoms with Crippen molar-refractivity contribution in [1.29, 1.82) is 0 Å². The van der Waals surface area contributed by atoms with Gasteiger partial charge in [0.05, 0.1) is 41.7 Å². The number of aromatic hydroxyl groups is 1. The zero-order valence-corrected chi connectivity index (χ0v) is 27.1. The number of hydrogen-bond donors (Lipinski definition) is 2. The number of aryl methyl sites for hydroxylation is 1. The first-order valence-electron chi connectivity index (χ1n) is 16.5. The van der Waals surface area contributed by atoms with Gasteiger partial charge in [0.1, 0.15) is 11.5 Å². The number of phenols is 1. The molecule has 2 heterocycles. The number of fused-ring (bicyclic) bond motifs is 4. The molecule has 0 bridgehead atoms. The van der Waals surface area contributed by atoms with Gasteiger partial charge in [-0.3, -0.25) is 29.5 Å². The summed E-state index contributed by atoms with van der Waals surface area (Å²) in [6.45, 7) is 1.95. The van der Waals surface area contributed by atoms with E-state index < -0.39 is 46.8 Å². The van der Waals surface area contributed by atoms with Gasteiger partial charge < -0.3 is 9.84 Å². The molecule has 2 N–H and O–H groups in total. The van der Waals surface area contributed by atoms with Crippen LogP contribution in [0, 0.1) is 30.6 Å². The third-order valence-corrected chi connectivity index (χ3v) is 11.0. The van der Waals surface area contributed by atoms with Crippen LogP contribution in [0.25, 0.3) is 0 Å². The fourth-order valence-corrected chi connectivity index (χ4v) is 8.89. The van der Waals surface area contributed by atoms with E-state index >= 15 is 4.79 Å². The number of rotatable bonds is 6. The maximum absolute atomic E-state index is 15.3. The minimum absolute atomic E-state index is 0.0907. The van der Waals surface area contributed by atoms with Gasteiger partial charge in [-0.2, -0.15) is 5.01 Å². The second-order valence-electron chi connectivity index (χ2n) is 13.3. The average molecular weight is 654 g/mol. The number of nitrogens with one attached hydrogen (secondary N) is 1. The molecule has 0 aromatic heterocycles. The van der Waals surface area contributed by atoms with Crippen molar-refractivity contribution in [2.45, 2.75) is 31.1 Å². The van der Waals surface area contributed by atoms with Crippen molar-refractivity contribution in [1.82, 2.24) is 5.01 Å². The van der Waals surface area contributed by atoms with Gasteiger partial charge >= 0.3 is 0 Å². The number of ether oxygens (including phenoxy) is 1. The van der Waals surface area contributed by atoms with E-state index in [0.29, 0.717) is 28.3 Å². The summed E-state index contributed by atoms with van der Waals surface area (Å²) < 4.78 is 5.84. The van der Waals surface area contributed by atoms with Crippen molar-refractivity contribution in [3.8, 4) is 11.5 Å². The Morgan fingerprint density at radius 2 is 1.49 bits per heavy atom. The van der Waals surface area contributed by atoms with Crippen LogP contribution in [-0.2, 0) is 24.6 Å². The first-order valence-corrected chi connectivity index (χ1v) is 16.5. The van der Waals surface area contributed by atoms with Gasteiger partial charge in [0.15, 0.2) is 0 Å². The largest absolute Gasteiger partial charge is 0.508 e. The minimum Gasteiger partial charge on any atom is -0.508 e. The van der Waals surface area contributed by atoms with E-state index in [-0.39, 0.29) is 30.4 Å². The maximum Gasteiger partial charge on any atom is 0.260 e. The van der Waals surface area contributed by atoms with Crippen LogP contribution in [-0.4, -0.2) is 40.9 Å². The summed E-state index contributed by atoms with van der Waals surface area (Å²) in [5.41, 5.74) is 5.40. The van der Waals surface area contributed by atoms with Gasteiger partial charge in [0.2, 0.25) is 11.8 Å². The molecule has 1 saturated carbocycles. The number of allylic oxidation sites excluding steroid dienone is 2. The lowest BCUT2D eigenvalue weighted by Gasteiger charge is -2.50. The highest BCUT2D eigenvalue weighted by molar-refractivity contribution is 6.22. The van der Waals surface area contributed by atoms with Gasteiger partial charge in [-0.1, -0.05) is 83.9 Å². The number of para-hydroxylation sites is 1. The highest BCUT2D eigenvalue weighted by Gasteiger charge is 2.71. The topological polar surface area (TPSA) is 116 Å². The fraction of sp³-hybridized carbons (Fsp3) is 0.250. The molecule has 6 atom stereocenters. The molecule has 0 unspecified atom stereocenters. The van der Waals surface area contributed by atoms with Crippen LogP contribution in [0.5, 0.6) is 11.5 Å². The number of carbonyl (C=O) groups excluding carboxylic acids is 4. The standard InChI is InChI=1S/C40H35N3O6/c1-23-16-18-25(19-17-23)41-43-37(46)30-22-29-27(20-21-28-33(29)38(47)42(36(28)45)26-12-7-4-8-13-26)35(34-31(44)14-9-15-32(34)49-2)40(30,39(43)48)24-10-5-3-6-11-24/h3-20,28-30,33,35,41,44H,21-22H2,1-2H3/t28-,29+,30-,33-,35+,40+/m0/s1. The van der Waals surface area contributed by atoms with Crippen LogP contribution in [0.15, 0.2) is 115 Å². The number of hydrogen-bond acceptors (Lipinski definition) is 7. The lowest BCUT2D eigenvalue weighted by molar-refractivity contribution is -0.138. The van der Waals surface area contributed by atoms with Crippen molar-refractivity contribution in [2.75, 3.05) is 17.4 Å². The number of methoxy groups -OCH3 is 1. The summed E-state index contributed by atoms with van der Waals surface area (Å²) in [5.74, 6) is -5.00. The molecule has 3 fully saturated rings. The van der Waals surface area contributed by atoms with Crippen molar-refractivity contribution >= 4 is 35.0 Å². The predicted molar refractivity (Wildman–Crippen MR) is 182 cm³/mol. The SMILES string of the molecule is COc1cccc(O)c1[C@H]1C2=CC[C@@H]3C(=O)N(c4ccccc4)C(=O)[C@@H]3[C@@H]2C[C@H]2C(=O)N(Nc3ccc(C)cc3)C(=O)[C@@]12c1ccccc1. The number of amides is 4. The molecule has 246 valence electrons. The summed E-state index contributed by atoms with van der Waals surface area (Å²) in [6, 6.07) is 30.5. The quantitative estimate of drug-likeness (QED) is 0.197. The molecule has 0 radical (unpaired) electrons. The zero-order chi connectivity index (χ0) is 34.0. The van der Waals surface area contributed by atoms with E-state index in [2.05, 4.69) is 5.43 Å². The van der Waals surface area contributed by atoms with Crippen molar-refractivity contribution in [3.05, 3.63) is 131 Å². The molecule has 4 aromatic rings. The Morgan fingerprint density at radius 1 is 0.796 bits per heavy atom. The second kappa shape index (κ2) is 11.5. The Bertz CT molecular complexity index is 2030. The molecule has 4 aromatic carbocycles. The van der Waals surface area contributed by atoms with Crippen molar-refractivity contribution in [3.63, 3.8) is 0 Å². The lowest BCUT2D eigenvalue weighted by Crippen LogP contribution is -2.53. The van der Waals surface area contributed by atoms with Crippen molar-refractivity contribution in [2.24, 2.45) is 23.7 Å². The van der Waals surface area contributed by atoms with Crippen LogP contribution in [0.4, 0.5) is 11.4 Å². The van der Waals surface area contributed by atoms with Crippen molar-refractivity contribution < 1.29 is 29.0 Å². The molecule has 2 aliphatic heterocycles. The average Bonchev–Trinajstić information content (AvgIpc) is 3.50. The molecular weight excluding hydrogens is 618 g/mol. The number of imide groups is 2. The van der Waals surface area contributed by atoms with E-state index in [1.54, 1.807) is 42.5 Å². The van der Waals surface area contributed by atoms with Crippen LogP contribution in [0.1, 0.15) is 35.4 Å². The summed E-state index contributed by atoms with van der Waals surface area (Å²) in [6.07, 6.45) is 2.41. The zero-order valence-electron chi connectivity index (χ0n) is 27.1. The molecule has 2 saturated heterocycles. The Kier molecular flexibility index (Phi) is 7.17. The van der Waals surface area contributed by atoms with E-state index in [0.717, 1.165) is 16.1 Å². The van der Waals surface area contributed by atoms with Gasteiger partial charge in [-0.25, -0.2) is 0 Å². The number of carbonyl (C=O) groups is 4. The first-order chi connectivity index (χ1) is 23.8. The van der Waals surface area contributed by atoms with E-state index in [4.69, 9.17) is 4.74 Å². The second-order valence-corrected chi connectivity index (χ2v) is 13.3. The highest BCUT2D eigenvalue weighted by atomic mass is 16.5. The molecular formula is C40H35N3O6. The van der Waals surface area contributed by atoms with Gasteiger partial charge in [-0.15, -0.1) is 0 Å². The van der Waals surface area contributed by atoms with Gasteiger partial charge in [0, 0.05) is 11.5 Å². The molecule has 4 amide bonds. The van der Waals surface area contributed by atoms with Crippen LogP contribution < -0.4 is 15.1 Å². The van der Waals surface area contributed by atoms with Crippen LogP contribution >= 0.6 is 0 Å². The number of hydrazine groups is 1. The molecule has 9 nitrogen and oxygen atoms in total. The summed E-state index contributed by atoms with van der Waals surface area (Å²) in [5, 5.41) is 12.7. The van der Waals surface area contributed by atoms with E-state index in [9.17, 15) is 19.5 Å². The summed E-state index contributed by atoms with van der Waals surface area (Å²) in [4.78, 5) is 59.6. The van der Waals surface area contributed by atoms with Crippen LogP contribution in [0.2, 0.25) is 0 Å². The predicted octanol–water partition coefficient (Wildman–Crippen LogP) is 5.90. The molecule has 4 aliphatic rings. The monoisotopic (exact) mass is 653 g/mol. The fourth-order valence-electron chi connectivity index (χ4n) is 8.89. The number of phenolic OH excluding ortho intramolecular Hbond substituents is 1. The van der Waals surface area contributed by atoms with Gasteiger partial charge in [0.25, 0.3) is 11.8 Å². The first kappa shape index (κ1) is 30.6. The smallest absolute Gasteiger partial charge is 0.260 e. The highest BCUT2D eigenvalue weighted by Crippen LogP contribution is 2.66. The van der Waals surface area contributed by atoms with E-state index in [1.165, 1.54) is 12.0 Å². The van der Waals surface area contributed by atoms with Gasteiger partial charge in [-0.05, 0) is 67.6 Å².